The number of urea groups is 1. The zero-order valence-electron chi connectivity index (χ0n) is 12.2. The van der Waals surface area contributed by atoms with Crippen molar-refractivity contribution in [2.24, 2.45) is 11.7 Å². The van der Waals surface area contributed by atoms with Gasteiger partial charge in [0.05, 0.1) is 12.2 Å². The molecule has 1 aliphatic rings. The van der Waals surface area contributed by atoms with Crippen LogP contribution in [0.2, 0.25) is 0 Å². The number of imidazole rings is 1. The number of rotatable bonds is 5. The first-order chi connectivity index (χ1) is 10.2. The van der Waals surface area contributed by atoms with Gasteiger partial charge in [-0.15, -0.1) is 0 Å². The average Bonchev–Trinajstić information content (AvgIpc) is 3.22. The van der Waals surface area contributed by atoms with Crippen molar-refractivity contribution in [1.82, 2.24) is 20.0 Å². The van der Waals surface area contributed by atoms with Gasteiger partial charge in [0.25, 0.3) is 0 Å². The molecule has 0 aliphatic heterocycles. The summed E-state index contributed by atoms with van der Waals surface area (Å²) in [5.74, 6) is 0.555. The van der Waals surface area contributed by atoms with Gasteiger partial charge in [0, 0.05) is 25.0 Å². The molecule has 112 valence electrons. The van der Waals surface area contributed by atoms with Crippen LogP contribution in [0.15, 0.2) is 24.5 Å². The monoisotopic (exact) mass is 287 g/mol. The van der Waals surface area contributed by atoms with Crippen LogP contribution in [-0.2, 0) is 6.54 Å². The molecule has 1 atom stereocenters. The molecule has 0 bridgehead atoms. The Morgan fingerprint density at radius 1 is 1.48 bits per heavy atom. The van der Waals surface area contributed by atoms with Crippen LogP contribution in [0.1, 0.15) is 24.1 Å². The van der Waals surface area contributed by atoms with Crippen LogP contribution in [0, 0.1) is 12.8 Å². The molecule has 1 saturated carbocycles. The maximum Gasteiger partial charge on any atom is 0.315 e. The number of pyridine rings is 1. The van der Waals surface area contributed by atoms with Crippen molar-refractivity contribution in [3.8, 4) is 0 Å². The van der Waals surface area contributed by atoms with Crippen molar-refractivity contribution >= 4 is 11.7 Å². The van der Waals surface area contributed by atoms with Gasteiger partial charge in [0.2, 0.25) is 0 Å². The summed E-state index contributed by atoms with van der Waals surface area (Å²) in [5.41, 5.74) is 8.57. The summed E-state index contributed by atoms with van der Waals surface area (Å²) in [6, 6.07) is 3.91. The molecule has 1 aliphatic carbocycles. The van der Waals surface area contributed by atoms with E-state index >= 15 is 0 Å². The highest BCUT2D eigenvalue weighted by molar-refractivity contribution is 5.74. The third-order valence-corrected chi connectivity index (χ3v) is 3.84. The van der Waals surface area contributed by atoms with Gasteiger partial charge in [0.1, 0.15) is 5.65 Å². The molecule has 2 aromatic rings. The van der Waals surface area contributed by atoms with E-state index in [0.717, 1.165) is 24.2 Å². The Morgan fingerprint density at radius 3 is 3.00 bits per heavy atom. The summed E-state index contributed by atoms with van der Waals surface area (Å²) < 4.78 is 1.97. The summed E-state index contributed by atoms with van der Waals surface area (Å²) in [5, 5.41) is 5.77. The standard InChI is InChI=1S/C15H21N5O/c1-10-2-5-14-18-12(9-20(14)8-10)7-17-15(21)19-13(6-16)11-3-4-11/h2,5,8-9,11,13H,3-4,6-7,16H2,1H3,(H2,17,19,21). The molecule has 0 saturated heterocycles. The smallest absolute Gasteiger partial charge is 0.315 e. The number of fused-ring (bicyclic) bond motifs is 1. The number of aryl methyl sites for hydroxylation is 1. The Balaban J connectivity index is 1.56. The predicted molar refractivity (Wildman–Crippen MR) is 80.9 cm³/mol. The van der Waals surface area contributed by atoms with Crippen LogP contribution in [0.4, 0.5) is 4.79 Å². The Hall–Kier alpha value is -2.08. The fraction of sp³-hybridized carbons (Fsp3) is 0.467. The van der Waals surface area contributed by atoms with Gasteiger partial charge in [0.15, 0.2) is 0 Å². The van der Waals surface area contributed by atoms with Gasteiger partial charge < -0.3 is 20.8 Å². The van der Waals surface area contributed by atoms with E-state index in [-0.39, 0.29) is 12.1 Å². The fourth-order valence-corrected chi connectivity index (χ4v) is 2.50. The zero-order chi connectivity index (χ0) is 14.8. The van der Waals surface area contributed by atoms with Crippen molar-refractivity contribution in [2.45, 2.75) is 32.4 Å². The quantitative estimate of drug-likeness (QED) is 0.772. The number of nitrogens with two attached hydrogens (primary N) is 1. The van der Waals surface area contributed by atoms with E-state index < -0.39 is 0 Å². The molecule has 2 aromatic heterocycles. The first-order valence-electron chi connectivity index (χ1n) is 7.34. The van der Waals surface area contributed by atoms with Crippen molar-refractivity contribution < 1.29 is 4.79 Å². The second-order valence-corrected chi connectivity index (χ2v) is 5.71. The van der Waals surface area contributed by atoms with Crippen LogP contribution in [-0.4, -0.2) is 28.0 Å². The Morgan fingerprint density at radius 2 is 2.29 bits per heavy atom. The van der Waals surface area contributed by atoms with Gasteiger partial charge in [-0.2, -0.15) is 0 Å². The summed E-state index contributed by atoms with van der Waals surface area (Å²) >= 11 is 0. The van der Waals surface area contributed by atoms with Crippen molar-refractivity contribution in [2.75, 3.05) is 6.54 Å². The topological polar surface area (TPSA) is 84.5 Å². The number of carbonyl (C=O) groups is 1. The SMILES string of the molecule is Cc1ccc2nc(CNC(=O)NC(CN)C3CC3)cn2c1. The molecule has 6 heteroatoms. The highest BCUT2D eigenvalue weighted by Gasteiger charge is 2.31. The number of hydrogen-bond donors (Lipinski definition) is 3. The maximum absolute atomic E-state index is 11.9. The third kappa shape index (κ3) is 3.33. The van der Waals surface area contributed by atoms with Gasteiger partial charge in [-0.25, -0.2) is 9.78 Å². The lowest BCUT2D eigenvalue weighted by Crippen LogP contribution is -2.46. The summed E-state index contributed by atoms with van der Waals surface area (Å²) in [4.78, 5) is 16.3. The Labute approximate surface area is 123 Å². The van der Waals surface area contributed by atoms with Crippen LogP contribution >= 0.6 is 0 Å². The molecule has 1 fully saturated rings. The van der Waals surface area contributed by atoms with E-state index in [9.17, 15) is 4.79 Å². The molecule has 6 nitrogen and oxygen atoms in total. The second-order valence-electron chi connectivity index (χ2n) is 5.71. The van der Waals surface area contributed by atoms with E-state index in [4.69, 9.17) is 5.73 Å². The molecule has 0 aromatic carbocycles. The molecule has 2 heterocycles. The number of amides is 2. The van der Waals surface area contributed by atoms with Gasteiger partial charge in [-0.1, -0.05) is 6.07 Å². The van der Waals surface area contributed by atoms with Crippen LogP contribution < -0.4 is 16.4 Å². The van der Waals surface area contributed by atoms with Crippen molar-refractivity contribution in [3.05, 3.63) is 35.8 Å². The minimum Gasteiger partial charge on any atom is -0.334 e. The van der Waals surface area contributed by atoms with Gasteiger partial charge in [-0.05, 0) is 37.3 Å². The molecular formula is C15H21N5O. The molecule has 0 spiro atoms. The third-order valence-electron chi connectivity index (χ3n) is 3.84. The molecular weight excluding hydrogens is 266 g/mol. The van der Waals surface area contributed by atoms with Gasteiger partial charge >= 0.3 is 6.03 Å². The number of aromatic nitrogens is 2. The Bertz CT molecular complexity index is 647. The van der Waals surface area contributed by atoms with Crippen LogP contribution in [0.3, 0.4) is 0 Å². The number of carbonyl (C=O) groups excluding carboxylic acids is 1. The van der Waals surface area contributed by atoms with E-state index in [1.165, 1.54) is 5.56 Å². The van der Waals surface area contributed by atoms with E-state index in [1.807, 2.05) is 35.9 Å². The normalized spacial score (nSPS) is 15.9. The minimum absolute atomic E-state index is 0.0914. The van der Waals surface area contributed by atoms with Crippen molar-refractivity contribution in [1.29, 1.82) is 0 Å². The highest BCUT2D eigenvalue weighted by atomic mass is 16.2. The average molecular weight is 287 g/mol. The zero-order valence-corrected chi connectivity index (χ0v) is 12.2. The van der Waals surface area contributed by atoms with Crippen molar-refractivity contribution in [3.63, 3.8) is 0 Å². The largest absolute Gasteiger partial charge is 0.334 e. The summed E-state index contributed by atoms with van der Waals surface area (Å²) in [7, 11) is 0. The highest BCUT2D eigenvalue weighted by Crippen LogP contribution is 2.32. The van der Waals surface area contributed by atoms with Crippen LogP contribution in [0.5, 0.6) is 0 Å². The predicted octanol–water partition coefficient (Wildman–Crippen LogP) is 1.18. The number of nitrogens with one attached hydrogen (secondary N) is 2. The second kappa shape index (κ2) is 5.73. The molecule has 21 heavy (non-hydrogen) atoms. The lowest BCUT2D eigenvalue weighted by molar-refractivity contribution is 0.235. The fourth-order valence-electron chi connectivity index (χ4n) is 2.50. The molecule has 0 radical (unpaired) electrons. The molecule has 1 unspecified atom stereocenters. The first kappa shape index (κ1) is 13.9. The molecule has 3 rings (SSSR count). The summed E-state index contributed by atoms with van der Waals surface area (Å²) in [6.07, 6.45) is 6.27. The number of nitrogens with zero attached hydrogens (tertiary/aromatic N) is 2. The lowest BCUT2D eigenvalue weighted by Gasteiger charge is -2.16. The van der Waals surface area contributed by atoms with E-state index in [2.05, 4.69) is 15.6 Å². The first-order valence-corrected chi connectivity index (χ1v) is 7.34. The maximum atomic E-state index is 11.9. The lowest BCUT2D eigenvalue weighted by atomic mass is 10.2. The Kier molecular flexibility index (Phi) is 3.79. The van der Waals surface area contributed by atoms with Gasteiger partial charge in [-0.3, -0.25) is 0 Å². The summed E-state index contributed by atoms with van der Waals surface area (Å²) in [6.45, 7) is 2.94. The molecule has 2 amide bonds. The van der Waals surface area contributed by atoms with Crippen LogP contribution in [0.25, 0.3) is 5.65 Å². The molecule has 4 N–H and O–H groups in total. The van der Waals surface area contributed by atoms with E-state index in [0.29, 0.717) is 19.0 Å². The number of hydrogen-bond acceptors (Lipinski definition) is 3. The minimum atomic E-state index is -0.175. The van der Waals surface area contributed by atoms with E-state index in [1.54, 1.807) is 0 Å².